The Hall–Kier alpha value is -2.31. The van der Waals surface area contributed by atoms with Crippen LogP contribution in [-0.4, -0.2) is 36.0 Å². The minimum Gasteiger partial charge on any atom is -0.348 e. The molecule has 1 aromatic rings. The standard InChI is InChI=1S/C17H21F3N2O2/c1-3-5-10-22(12-17(18,19)20)16(24)14-8-6-13(7-9-14)11-21-15(23)4-2/h4,6-9H,2-3,5,10-12H2,1H3,(H,21,23). The highest BCUT2D eigenvalue weighted by Gasteiger charge is 2.33. The lowest BCUT2D eigenvalue weighted by Gasteiger charge is -2.24. The number of nitrogens with one attached hydrogen (secondary N) is 1. The first-order valence-electron chi connectivity index (χ1n) is 7.62. The Morgan fingerprint density at radius 3 is 2.38 bits per heavy atom. The minimum absolute atomic E-state index is 0.0615. The molecule has 0 atom stereocenters. The van der Waals surface area contributed by atoms with Crippen LogP contribution in [0.5, 0.6) is 0 Å². The zero-order valence-corrected chi connectivity index (χ0v) is 13.5. The largest absolute Gasteiger partial charge is 0.406 e. The summed E-state index contributed by atoms with van der Waals surface area (Å²) in [7, 11) is 0. The van der Waals surface area contributed by atoms with Gasteiger partial charge in [-0.15, -0.1) is 0 Å². The quantitative estimate of drug-likeness (QED) is 0.737. The van der Waals surface area contributed by atoms with Gasteiger partial charge in [0.1, 0.15) is 6.54 Å². The third-order valence-electron chi connectivity index (χ3n) is 3.29. The second kappa shape index (κ2) is 9.10. The molecule has 24 heavy (non-hydrogen) atoms. The Labute approximate surface area is 139 Å². The van der Waals surface area contributed by atoms with E-state index in [1.54, 1.807) is 12.1 Å². The zero-order chi connectivity index (χ0) is 18.2. The normalized spacial score (nSPS) is 11.0. The van der Waals surface area contributed by atoms with Crippen molar-refractivity contribution in [1.82, 2.24) is 10.2 Å². The number of halogens is 3. The maximum absolute atomic E-state index is 12.6. The van der Waals surface area contributed by atoms with Gasteiger partial charge in [0.15, 0.2) is 0 Å². The summed E-state index contributed by atoms with van der Waals surface area (Å²) in [4.78, 5) is 24.2. The molecule has 0 aliphatic rings. The highest BCUT2D eigenvalue weighted by atomic mass is 19.4. The number of carbonyl (C=O) groups is 2. The summed E-state index contributed by atoms with van der Waals surface area (Å²) in [5.41, 5.74) is 0.923. The van der Waals surface area contributed by atoms with Crippen LogP contribution in [0.4, 0.5) is 13.2 Å². The molecule has 0 saturated heterocycles. The summed E-state index contributed by atoms with van der Waals surface area (Å²) in [6, 6.07) is 6.13. The first-order valence-corrected chi connectivity index (χ1v) is 7.62. The summed E-state index contributed by atoms with van der Waals surface area (Å²) in [6.07, 6.45) is -2.09. The lowest BCUT2D eigenvalue weighted by atomic mass is 10.1. The lowest BCUT2D eigenvalue weighted by Crippen LogP contribution is -2.39. The predicted molar refractivity (Wildman–Crippen MR) is 85.4 cm³/mol. The molecule has 4 nitrogen and oxygen atoms in total. The van der Waals surface area contributed by atoms with Gasteiger partial charge < -0.3 is 10.2 Å². The molecule has 1 aromatic carbocycles. The molecule has 0 aliphatic heterocycles. The van der Waals surface area contributed by atoms with E-state index in [0.29, 0.717) is 12.8 Å². The molecule has 7 heteroatoms. The average molecular weight is 342 g/mol. The second-order valence-electron chi connectivity index (χ2n) is 5.31. The molecule has 2 amide bonds. The van der Waals surface area contributed by atoms with Crippen LogP contribution in [0.3, 0.4) is 0 Å². The van der Waals surface area contributed by atoms with E-state index in [-0.39, 0.29) is 24.6 Å². The maximum Gasteiger partial charge on any atom is 0.406 e. The monoisotopic (exact) mass is 342 g/mol. The van der Waals surface area contributed by atoms with Gasteiger partial charge in [-0.25, -0.2) is 0 Å². The molecular formula is C17H21F3N2O2. The van der Waals surface area contributed by atoms with Gasteiger partial charge >= 0.3 is 6.18 Å². The SMILES string of the molecule is C=CC(=O)NCc1ccc(C(=O)N(CCCC)CC(F)(F)F)cc1. The van der Waals surface area contributed by atoms with E-state index < -0.39 is 18.6 Å². The van der Waals surface area contributed by atoms with E-state index in [0.717, 1.165) is 16.5 Å². The van der Waals surface area contributed by atoms with Crippen molar-refractivity contribution in [3.63, 3.8) is 0 Å². The van der Waals surface area contributed by atoms with E-state index in [1.807, 2.05) is 6.92 Å². The van der Waals surface area contributed by atoms with Crippen molar-refractivity contribution in [2.45, 2.75) is 32.5 Å². The van der Waals surface area contributed by atoms with Gasteiger partial charge in [-0.05, 0) is 30.2 Å². The van der Waals surface area contributed by atoms with E-state index in [9.17, 15) is 22.8 Å². The molecular weight excluding hydrogens is 321 g/mol. The van der Waals surface area contributed by atoms with Crippen LogP contribution in [0.25, 0.3) is 0 Å². The van der Waals surface area contributed by atoms with Gasteiger partial charge in [0, 0.05) is 18.7 Å². The fraction of sp³-hybridized carbons (Fsp3) is 0.412. The Bertz CT molecular complexity index is 568. The molecule has 0 aromatic heterocycles. The molecule has 1 rings (SSSR count). The van der Waals surface area contributed by atoms with Crippen molar-refractivity contribution in [2.75, 3.05) is 13.1 Å². The van der Waals surface area contributed by atoms with Crippen molar-refractivity contribution >= 4 is 11.8 Å². The zero-order valence-electron chi connectivity index (χ0n) is 13.5. The van der Waals surface area contributed by atoms with Crippen molar-refractivity contribution in [3.05, 3.63) is 48.0 Å². The van der Waals surface area contributed by atoms with Crippen LogP contribution >= 0.6 is 0 Å². The summed E-state index contributed by atoms with van der Waals surface area (Å²) in [5.74, 6) is -0.978. The number of rotatable bonds is 8. The molecule has 1 N–H and O–H groups in total. The number of carbonyl (C=O) groups excluding carboxylic acids is 2. The van der Waals surface area contributed by atoms with Gasteiger partial charge in [-0.2, -0.15) is 13.2 Å². The van der Waals surface area contributed by atoms with Crippen molar-refractivity contribution in [2.24, 2.45) is 0 Å². The van der Waals surface area contributed by atoms with E-state index >= 15 is 0 Å². The van der Waals surface area contributed by atoms with Gasteiger partial charge in [0.25, 0.3) is 5.91 Å². The summed E-state index contributed by atoms with van der Waals surface area (Å²) >= 11 is 0. The van der Waals surface area contributed by atoms with Gasteiger partial charge in [-0.1, -0.05) is 32.1 Å². The molecule has 0 saturated carbocycles. The van der Waals surface area contributed by atoms with Crippen molar-refractivity contribution in [1.29, 1.82) is 0 Å². The highest BCUT2D eigenvalue weighted by Crippen LogP contribution is 2.19. The van der Waals surface area contributed by atoms with E-state index in [1.165, 1.54) is 12.1 Å². The third kappa shape index (κ3) is 6.85. The number of nitrogens with zero attached hydrogens (tertiary/aromatic N) is 1. The number of hydrogen-bond acceptors (Lipinski definition) is 2. The van der Waals surface area contributed by atoms with Crippen LogP contribution in [-0.2, 0) is 11.3 Å². The third-order valence-corrected chi connectivity index (χ3v) is 3.29. The number of unbranched alkanes of at least 4 members (excludes halogenated alkanes) is 1. The number of benzene rings is 1. The van der Waals surface area contributed by atoms with E-state index in [4.69, 9.17) is 0 Å². The Morgan fingerprint density at radius 1 is 1.25 bits per heavy atom. The average Bonchev–Trinajstić information content (AvgIpc) is 2.55. The topological polar surface area (TPSA) is 49.4 Å². The molecule has 0 aliphatic carbocycles. The van der Waals surface area contributed by atoms with Crippen LogP contribution in [0.15, 0.2) is 36.9 Å². The molecule has 0 fully saturated rings. The smallest absolute Gasteiger partial charge is 0.348 e. The molecule has 0 radical (unpaired) electrons. The second-order valence-corrected chi connectivity index (χ2v) is 5.31. The molecule has 132 valence electrons. The van der Waals surface area contributed by atoms with Crippen molar-refractivity contribution < 1.29 is 22.8 Å². The minimum atomic E-state index is -4.43. The van der Waals surface area contributed by atoms with Crippen LogP contribution in [0.1, 0.15) is 35.7 Å². The molecule has 0 bridgehead atoms. The van der Waals surface area contributed by atoms with Gasteiger partial charge in [-0.3, -0.25) is 9.59 Å². The van der Waals surface area contributed by atoms with Crippen molar-refractivity contribution in [3.8, 4) is 0 Å². The van der Waals surface area contributed by atoms with Gasteiger partial charge in [0.05, 0.1) is 0 Å². The Balaban J connectivity index is 2.78. The highest BCUT2D eigenvalue weighted by molar-refractivity contribution is 5.94. The van der Waals surface area contributed by atoms with Crippen LogP contribution < -0.4 is 5.32 Å². The first-order chi connectivity index (χ1) is 11.3. The molecule has 0 unspecified atom stereocenters. The number of hydrogen-bond donors (Lipinski definition) is 1. The predicted octanol–water partition coefficient (Wildman–Crippen LogP) is 3.29. The number of alkyl halides is 3. The summed E-state index contributed by atoms with van der Waals surface area (Å²) < 4.78 is 37.9. The molecule has 0 heterocycles. The Kier molecular flexibility index (Phi) is 7.48. The fourth-order valence-electron chi connectivity index (χ4n) is 2.03. The van der Waals surface area contributed by atoms with E-state index in [2.05, 4.69) is 11.9 Å². The number of amides is 2. The first kappa shape index (κ1) is 19.7. The Morgan fingerprint density at radius 2 is 1.88 bits per heavy atom. The maximum atomic E-state index is 12.6. The van der Waals surface area contributed by atoms with Crippen LogP contribution in [0.2, 0.25) is 0 Å². The fourth-order valence-corrected chi connectivity index (χ4v) is 2.03. The lowest BCUT2D eigenvalue weighted by molar-refractivity contribution is -0.140. The van der Waals surface area contributed by atoms with Gasteiger partial charge in [0.2, 0.25) is 5.91 Å². The molecule has 0 spiro atoms. The van der Waals surface area contributed by atoms with Crippen LogP contribution in [0, 0.1) is 0 Å². The summed E-state index contributed by atoms with van der Waals surface area (Å²) in [6.45, 7) is 4.23. The summed E-state index contributed by atoms with van der Waals surface area (Å²) in [5, 5.41) is 2.58.